The molecule has 0 spiro atoms. The van der Waals surface area contributed by atoms with E-state index in [0.717, 1.165) is 30.1 Å². The molecule has 268 valence electrons. The zero-order chi connectivity index (χ0) is 33.2. The van der Waals surface area contributed by atoms with E-state index in [2.05, 4.69) is 15.6 Å². The Balaban J connectivity index is 1.27. The molecular weight excluding hydrogens is 673 g/mol. The second kappa shape index (κ2) is 16.0. The first kappa shape index (κ1) is 36.5. The number of rotatable bonds is 11. The van der Waals surface area contributed by atoms with Crippen LogP contribution in [0.3, 0.4) is 0 Å². The van der Waals surface area contributed by atoms with Crippen LogP contribution < -0.4 is 0 Å². The van der Waals surface area contributed by atoms with Crippen LogP contribution >= 0.6 is 23.5 Å². The average molecular weight is 731 g/mol. The molecule has 0 radical (unpaired) electrons. The zero-order valence-corrected chi connectivity index (χ0v) is 31.8. The van der Waals surface area contributed by atoms with Gasteiger partial charge in [-0.25, -0.2) is 17.2 Å². The molecule has 47 heavy (non-hydrogen) atoms. The van der Waals surface area contributed by atoms with E-state index in [-0.39, 0.29) is 6.61 Å². The SMILES string of the molecule is CC=S(=O)(O)OCCN1C(=CC2=[N+](CCC(C)S(=O)(=O)[O-])C3CC(C4CCCCC4)CCC3S2)SC2CCC(C3CCCCC3)CC21. The Morgan fingerprint density at radius 1 is 0.894 bits per heavy atom. The van der Waals surface area contributed by atoms with Crippen molar-refractivity contribution in [3.63, 3.8) is 0 Å². The van der Waals surface area contributed by atoms with Crippen LogP contribution in [0.2, 0.25) is 0 Å². The Morgan fingerprint density at radius 2 is 1.51 bits per heavy atom. The van der Waals surface area contributed by atoms with Gasteiger partial charge in [-0.3, -0.25) is 8.74 Å². The molecule has 0 aromatic rings. The van der Waals surface area contributed by atoms with Gasteiger partial charge in [0.25, 0.3) is 0 Å². The van der Waals surface area contributed by atoms with Gasteiger partial charge in [-0.15, -0.1) is 11.8 Å². The Morgan fingerprint density at radius 3 is 2.13 bits per heavy atom. The number of hydrogen-bond donors (Lipinski definition) is 1. The first-order valence-electron chi connectivity index (χ1n) is 18.6. The maximum absolute atomic E-state index is 12.3. The number of hydrogen-bond acceptors (Lipinski definition) is 8. The summed E-state index contributed by atoms with van der Waals surface area (Å²) in [5.74, 6) is 3.10. The first-order chi connectivity index (χ1) is 22.5. The fraction of sp³-hybridized carbons (Fsp3) is 0.886. The van der Waals surface area contributed by atoms with Crippen molar-refractivity contribution >= 4 is 54.1 Å². The number of nitrogens with zero attached hydrogens (tertiary/aromatic N) is 2. The topological polar surface area (TPSA) is 110 Å². The van der Waals surface area contributed by atoms with Gasteiger partial charge in [0.1, 0.15) is 6.54 Å². The van der Waals surface area contributed by atoms with E-state index >= 15 is 0 Å². The molecule has 12 heteroatoms. The Bertz CT molecular complexity index is 1380. The van der Waals surface area contributed by atoms with E-state index in [4.69, 9.17) is 4.18 Å². The molecule has 6 aliphatic rings. The van der Waals surface area contributed by atoms with E-state index < -0.39 is 25.5 Å². The molecule has 0 aromatic heterocycles. The first-order valence-corrected chi connectivity index (χ1v) is 23.4. The molecule has 1 N–H and O–H groups in total. The summed E-state index contributed by atoms with van der Waals surface area (Å²) >= 11 is 3.94. The molecule has 6 rings (SSSR count). The summed E-state index contributed by atoms with van der Waals surface area (Å²) in [6, 6.07) is 0.759. The van der Waals surface area contributed by atoms with E-state index in [9.17, 15) is 21.7 Å². The molecule has 5 fully saturated rings. The lowest BCUT2D eigenvalue weighted by Crippen LogP contribution is -2.42. The van der Waals surface area contributed by atoms with Crippen molar-refractivity contribution in [1.29, 1.82) is 0 Å². The summed E-state index contributed by atoms with van der Waals surface area (Å²) in [5, 5.41) is 3.75. The Kier molecular flexibility index (Phi) is 12.4. The Labute approximate surface area is 293 Å². The maximum atomic E-state index is 12.3. The summed E-state index contributed by atoms with van der Waals surface area (Å²) in [4.78, 5) is 2.48. The average Bonchev–Trinajstić information content (AvgIpc) is 3.59. The van der Waals surface area contributed by atoms with Gasteiger partial charge in [-0.05, 0) is 81.4 Å². The highest BCUT2D eigenvalue weighted by molar-refractivity contribution is 8.15. The standard InChI is InChI=1S/C35H58N2O6S4/c1-3-46(38,39)43-21-20-37-31-23-29(27-12-8-5-9-13-27)15-17-33(31)45-35(37)24-34-36(19-18-25(2)47(40,41)42)30-22-28(14-16-32(30)44-34)26-10-6-4-7-11-26/h3,24-33H,4-23H2,1-2H3,(H-,38,39,40,41,42). The largest absolute Gasteiger partial charge is 0.748 e. The lowest BCUT2D eigenvalue weighted by atomic mass is 9.72. The highest BCUT2D eigenvalue weighted by atomic mass is 32.2. The van der Waals surface area contributed by atoms with Crippen molar-refractivity contribution in [3.05, 3.63) is 11.1 Å². The van der Waals surface area contributed by atoms with Gasteiger partial charge >= 0.3 is 0 Å². The van der Waals surface area contributed by atoms with Gasteiger partial charge < -0.3 is 9.45 Å². The lowest BCUT2D eigenvalue weighted by Gasteiger charge is -2.40. The van der Waals surface area contributed by atoms with Gasteiger partial charge in [0.15, 0.2) is 16.1 Å². The van der Waals surface area contributed by atoms with Crippen molar-refractivity contribution in [1.82, 2.24) is 4.90 Å². The maximum Gasteiger partial charge on any atom is 0.238 e. The smallest absolute Gasteiger partial charge is 0.238 e. The minimum atomic E-state index is -4.34. The van der Waals surface area contributed by atoms with Crippen molar-refractivity contribution in [3.8, 4) is 0 Å². The molecule has 2 heterocycles. The van der Waals surface area contributed by atoms with Crippen LogP contribution in [0.1, 0.15) is 123 Å². The molecule has 4 aliphatic carbocycles. The summed E-state index contributed by atoms with van der Waals surface area (Å²) in [6.07, 6.45) is 23.5. The Hall–Kier alpha value is -0.240. The minimum absolute atomic E-state index is 0.189. The zero-order valence-electron chi connectivity index (χ0n) is 28.5. The second-order valence-corrected chi connectivity index (χ2v) is 21.3. The van der Waals surface area contributed by atoms with Crippen molar-refractivity contribution in [2.75, 3.05) is 19.7 Å². The van der Waals surface area contributed by atoms with E-state index in [1.807, 2.05) is 23.5 Å². The van der Waals surface area contributed by atoms with E-state index in [1.54, 1.807) is 13.8 Å². The van der Waals surface area contributed by atoms with Gasteiger partial charge in [0, 0.05) is 42.1 Å². The highest BCUT2D eigenvalue weighted by Gasteiger charge is 2.49. The monoisotopic (exact) mass is 730 g/mol. The summed E-state index contributed by atoms with van der Waals surface area (Å²) in [5.41, 5.74) is 0. The van der Waals surface area contributed by atoms with Crippen LogP contribution in [0.4, 0.5) is 0 Å². The minimum Gasteiger partial charge on any atom is -0.748 e. The van der Waals surface area contributed by atoms with E-state index in [0.29, 0.717) is 42.1 Å². The molecule has 0 amide bonds. The third-order valence-electron chi connectivity index (χ3n) is 12.5. The van der Waals surface area contributed by atoms with Gasteiger partial charge in [-0.1, -0.05) is 64.2 Å². The third-order valence-corrected chi connectivity index (χ3v) is 17.7. The van der Waals surface area contributed by atoms with Crippen molar-refractivity contribution in [2.24, 2.45) is 23.7 Å². The van der Waals surface area contributed by atoms with Crippen molar-refractivity contribution < 1.29 is 30.5 Å². The third kappa shape index (κ3) is 8.98. The predicted octanol–water partition coefficient (Wildman–Crippen LogP) is 7.10. The normalized spacial score (nSPS) is 35.5. The molecule has 2 aliphatic heterocycles. The van der Waals surface area contributed by atoms with Crippen LogP contribution in [0, 0.1) is 23.7 Å². The summed E-state index contributed by atoms with van der Waals surface area (Å²) in [7, 11) is -7.73. The van der Waals surface area contributed by atoms with Crippen molar-refractivity contribution in [2.45, 2.75) is 151 Å². The van der Waals surface area contributed by atoms with E-state index in [1.165, 1.54) is 112 Å². The van der Waals surface area contributed by atoms with Crippen LogP contribution in [0.25, 0.3) is 0 Å². The quantitative estimate of drug-likeness (QED) is 0.135. The highest BCUT2D eigenvalue weighted by Crippen LogP contribution is 2.51. The molecule has 0 bridgehead atoms. The number of thioether (sulfide) groups is 2. The molecule has 8 unspecified atom stereocenters. The van der Waals surface area contributed by atoms with Gasteiger partial charge in [0.2, 0.25) is 5.04 Å². The van der Waals surface area contributed by atoms with Crippen LogP contribution in [0.15, 0.2) is 11.1 Å². The second-order valence-electron chi connectivity index (χ2n) is 15.3. The number of fused-ring (bicyclic) bond motifs is 2. The molecule has 0 aromatic carbocycles. The van der Waals surface area contributed by atoms with Crippen LogP contribution in [-0.4, -0.2) is 89.1 Å². The fourth-order valence-corrected chi connectivity index (χ4v) is 13.7. The lowest BCUT2D eigenvalue weighted by molar-refractivity contribution is -0.563. The molecule has 1 saturated heterocycles. The van der Waals surface area contributed by atoms with Gasteiger partial charge in [0.05, 0.1) is 32.3 Å². The van der Waals surface area contributed by atoms with Gasteiger partial charge in [-0.2, -0.15) is 0 Å². The predicted molar refractivity (Wildman–Crippen MR) is 195 cm³/mol. The van der Waals surface area contributed by atoms with Crippen LogP contribution in [-0.2, 0) is 24.4 Å². The molecule has 4 saturated carbocycles. The molecule has 8 nitrogen and oxygen atoms in total. The molecular formula is C35H58N2O6S4. The van der Waals surface area contributed by atoms with Crippen LogP contribution in [0.5, 0.6) is 0 Å². The molecule has 8 atom stereocenters. The summed E-state index contributed by atoms with van der Waals surface area (Å²) in [6.45, 7) is 4.46. The fourth-order valence-electron chi connectivity index (χ4n) is 9.75. The summed E-state index contributed by atoms with van der Waals surface area (Å²) < 4.78 is 66.1.